The minimum atomic E-state index is -0.241. The Morgan fingerprint density at radius 2 is 1.21 bits per heavy atom. The molecule has 0 aromatic rings. The Morgan fingerprint density at radius 1 is 0.786 bits per heavy atom. The molecular formula is C18H34N4O6. The van der Waals surface area contributed by atoms with Crippen LogP contribution in [0, 0.1) is 0 Å². The Labute approximate surface area is 167 Å². The van der Waals surface area contributed by atoms with Crippen LogP contribution in [-0.4, -0.2) is 112 Å². The normalized spacial score (nSPS) is 23.7. The van der Waals surface area contributed by atoms with E-state index in [1.807, 2.05) is 0 Å². The summed E-state index contributed by atoms with van der Waals surface area (Å²) in [6, 6.07) is 0. The van der Waals surface area contributed by atoms with Crippen molar-refractivity contribution in [3.8, 4) is 0 Å². The number of hydrogen-bond donors (Lipinski definition) is 1. The molecule has 0 spiro atoms. The van der Waals surface area contributed by atoms with E-state index in [1.165, 1.54) is 21.3 Å². The quantitative estimate of drug-likeness (QED) is 0.386. The van der Waals surface area contributed by atoms with E-state index in [4.69, 9.17) is 14.2 Å². The second kappa shape index (κ2) is 11.3. The predicted octanol–water partition coefficient (Wildman–Crippen LogP) is -0.903. The molecule has 0 aromatic heterocycles. The first-order valence-electron chi connectivity index (χ1n) is 9.66. The lowest BCUT2D eigenvalue weighted by molar-refractivity contribution is -0.147. The number of methoxy groups -OCH3 is 3. The van der Waals surface area contributed by atoms with E-state index in [9.17, 15) is 14.4 Å². The molecule has 2 aliphatic rings. The Balaban J connectivity index is 0.00000420. The number of fused-ring (bicyclic) bond motifs is 1. The number of hydrogen-bond acceptors (Lipinski definition) is 10. The monoisotopic (exact) mass is 402 g/mol. The SMILES string of the molecule is COC(=O)CCN1CCN(CCC(=O)OC)C2C1NCCN2CCC(=O)OC.[HH]. The fourth-order valence-electron chi connectivity index (χ4n) is 3.82. The number of rotatable bonds is 9. The van der Waals surface area contributed by atoms with Crippen molar-refractivity contribution in [3.63, 3.8) is 0 Å². The topological polar surface area (TPSA) is 101 Å². The van der Waals surface area contributed by atoms with E-state index in [-0.39, 0.29) is 31.7 Å². The average Bonchev–Trinajstić information content (AvgIpc) is 2.73. The van der Waals surface area contributed by atoms with Crippen molar-refractivity contribution in [1.29, 1.82) is 0 Å². The van der Waals surface area contributed by atoms with Gasteiger partial charge in [0, 0.05) is 47.2 Å². The summed E-state index contributed by atoms with van der Waals surface area (Å²) in [5, 5.41) is 3.53. The molecule has 10 nitrogen and oxygen atoms in total. The first-order chi connectivity index (χ1) is 13.5. The van der Waals surface area contributed by atoms with Gasteiger partial charge in [-0.15, -0.1) is 0 Å². The average molecular weight is 402 g/mol. The molecule has 2 atom stereocenters. The number of carbonyl (C=O) groups is 3. The summed E-state index contributed by atoms with van der Waals surface area (Å²) < 4.78 is 14.3. The molecular weight excluding hydrogens is 368 g/mol. The first-order valence-corrected chi connectivity index (χ1v) is 9.66. The number of nitrogens with one attached hydrogen (secondary N) is 1. The molecule has 0 saturated carbocycles. The van der Waals surface area contributed by atoms with Gasteiger partial charge >= 0.3 is 17.9 Å². The highest BCUT2D eigenvalue weighted by Crippen LogP contribution is 2.23. The van der Waals surface area contributed by atoms with Gasteiger partial charge in [-0.25, -0.2) is 0 Å². The van der Waals surface area contributed by atoms with Crippen molar-refractivity contribution < 1.29 is 30.0 Å². The van der Waals surface area contributed by atoms with Gasteiger partial charge in [-0.2, -0.15) is 0 Å². The van der Waals surface area contributed by atoms with E-state index in [1.54, 1.807) is 0 Å². The fraction of sp³-hybridized carbons (Fsp3) is 0.833. The lowest BCUT2D eigenvalue weighted by atomic mass is 10.1. The summed E-state index contributed by atoms with van der Waals surface area (Å²) in [7, 11) is 4.17. The van der Waals surface area contributed by atoms with Gasteiger partial charge in [0.05, 0.1) is 52.9 Å². The van der Waals surface area contributed by atoms with E-state index >= 15 is 0 Å². The molecule has 2 fully saturated rings. The molecule has 10 heteroatoms. The molecule has 28 heavy (non-hydrogen) atoms. The van der Waals surface area contributed by atoms with Crippen LogP contribution in [0.25, 0.3) is 0 Å². The predicted molar refractivity (Wildman–Crippen MR) is 102 cm³/mol. The van der Waals surface area contributed by atoms with E-state index < -0.39 is 0 Å². The minimum absolute atomic E-state index is 0. The van der Waals surface area contributed by atoms with Crippen molar-refractivity contribution >= 4 is 17.9 Å². The molecule has 2 aliphatic heterocycles. The highest BCUT2D eigenvalue weighted by atomic mass is 16.5. The Morgan fingerprint density at radius 3 is 1.71 bits per heavy atom. The molecule has 1 N–H and O–H groups in total. The molecule has 0 bridgehead atoms. The van der Waals surface area contributed by atoms with Crippen molar-refractivity contribution in [1.82, 2.24) is 20.0 Å². The Kier molecular flexibility index (Phi) is 9.10. The summed E-state index contributed by atoms with van der Waals surface area (Å²) in [4.78, 5) is 41.6. The highest BCUT2D eigenvalue weighted by Gasteiger charge is 2.42. The first kappa shape index (κ1) is 22.5. The van der Waals surface area contributed by atoms with Crippen LogP contribution in [-0.2, 0) is 28.6 Å². The zero-order valence-corrected chi connectivity index (χ0v) is 17.0. The third-order valence-corrected chi connectivity index (χ3v) is 5.34. The van der Waals surface area contributed by atoms with Gasteiger partial charge in [0.1, 0.15) is 0 Å². The second-order valence-electron chi connectivity index (χ2n) is 6.90. The smallest absolute Gasteiger partial charge is 0.306 e. The van der Waals surface area contributed by atoms with E-state index in [0.29, 0.717) is 38.9 Å². The fourth-order valence-corrected chi connectivity index (χ4v) is 3.82. The van der Waals surface area contributed by atoms with Crippen molar-refractivity contribution in [2.75, 3.05) is 67.1 Å². The molecule has 2 saturated heterocycles. The van der Waals surface area contributed by atoms with E-state index in [0.717, 1.165) is 26.2 Å². The van der Waals surface area contributed by atoms with Gasteiger partial charge in [-0.1, -0.05) is 0 Å². The van der Waals surface area contributed by atoms with Gasteiger partial charge in [0.15, 0.2) is 0 Å². The van der Waals surface area contributed by atoms with Crippen molar-refractivity contribution in [2.45, 2.75) is 31.6 Å². The van der Waals surface area contributed by atoms with Crippen LogP contribution in [0.2, 0.25) is 0 Å². The van der Waals surface area contributed by atoms with Crippen LogP contribution in [0.4, 0.5) is 0 Å². The number of piperazine rings is 2. The summed E-state index contributed by atoms with van der Waals surface area (Å²) in [5.41, 5.74) is 0. The lowest BCUT2D eigenvalue weighted by Gasteiger charge is -2.54. The zero-order valence-electron chi connectivity index (χ0n) is 17.0. The van der Waals surface area contributed by atoms with Crippen molar-refractivity contribution in [3.05, 3.63) is 0 Å². The molecule has 0 amide bonds. The Hall–Kier alpha value is -1.75. The summed E-state index contributed by atoms with van der Waals surface area (Å²) in [6.07, 6.45) is 0.947. The highest BCUT2D eigenvalue weighted by molar-refractivity contribution is 5.70. The molecule has 2 heterocycles. The maximum absolute atomic E-state index is 11.6. The Bertz CT molecular complexity index is 530. The number of nitrogens with zero attached hydrogens (tertiary/aromatic N) is 3. The summed E-state index contributed by atoms with van der Waals surface area (Å²) >= 11 is 0. The van der Waals surface area contributed by atoms with Gasteiger partial charge in [0.2, 0.25) is 0 Å². The van der Waals surface area contributed by atoms with Crippen molar-refractivity contribution in [2.24, 2.45) is 0 Å². The summed E-state index contributed by atoms with van der Waals surface area (Å²) in [6.45, 7) is 4.85. The minimum Gasteiger partial charge on any atom is -0.469 e. The van der Waals surface area contributed by atoms with Crippen LogP contribution in [0.3, 0.4) is 0 Å². The molecule has 2 rings (SSSR count). The van der Waals surface area contributed by atoms with E-state index in [2.05, 4.69) is 20.0 Å². The maximum atomic E-state index is 11.6. The second-order valence-corrected chi connectivity index (χ2v) is 6.90. The number of carbonyl (C=O) groups excluding carboxylic acids is 3. The van der Waals surface area contributed by atoms with Crippen LogP contribution < -0.4 is 5.32 Å². The molecule has 162 valence electrons. The third kappa shape index (κ3) is 6.13. The maximum Gasteiger partial charge on any atom is 0.306 e. The van der Waals surface area contributed by atoms with Gasteiger partial charge < -0.3 is 14.2 Å². The van der Waals surface area contributed by atoms with Crippen LogP contribution in [0.1, 0.15) is 20.7 Å². The van der Waals surface area contributed by atoms with Crippen LogP contribution in [0.15, 0.2) is 0 Å². The third-order valence-electron chi connectivity index (χ3n) is 5.34. The van der Waals surface area contributed by atoms with Gasteiger partial charge in [-0.3, -0.25) is 34.4 Å². The zero-order chi connectivity index (χ0) is 20.5. The molecule has 0 aliphatic carbocycles. The standard InChI is InChI=1S/C18H32N4O6.H2/c1-26-14(23)4-8-20-12-13-22(10-6-16(25)28-3)18-17(20)19-7-11-21(18)9-5-15(24)27-2;/h17-19H,4-13H2,1-3H3;1H. The lowest BCUT2D eigenvalue weighted by Crippen LogP contribution is -2.73. The molecule has 2 unspecified atom stereocenters. The largest absolute Gasteiger partial charge is 0.469 e. The van der Waals surface area contributed by atoms with Gasteiger partial charge in [0.25, 0.3) is 0 Å². The van der Waals surface area contributed by atoms with Crippen LogP contribution in [0.5, 0.6) is 0 Å². The van der Waals surface area contributed by atoms with Crippen LogP contribution >= 0.6 is 0 Å². The number of esters is 3. The molecule has 0 aromatic carbocycles. The summed E-state index contributed by atoms with van der Waals surface area (Å²) in [5.74, 6) is -0.716. The van der Waals surface area contributed by atoms with Gasteiger partial charge in [-0.05, 0) is 0 Å². The number of ether oxygens (including phenoxy) is 3. The molecule has 0 radical (unpaired) electrons.